The molecular formula is C16H19N5O3S. The van der Waals surface area contributed by atoms with Crippen molar-refractivity contribution in [3.8, 4) is 17.2 Å². The fourth-order valence-electron chi connectivity index (χ4n) is 2.22. The molecule has 132 valence electrons. The highest BCUT2D eigenvalue weighted by Crippen LogP contribution is 2.24. The Bertz CT molecular complexity index is 869. The van der Waals surface area contributed by atoms with E-state index in [4.69, 9.17) is 9.15 Å². The molecule has 3 aromatic rings. The Morgan fingerprint density at radius 2 is 2.08 bits per heavy atom. The van der Waals surface area contributed by atoms with Crippen LogP contribution in [-0.2, 0) is 12.3 Å². The second-order valence-corrected chi connectivity index (χ2v) is 6.28. The maximum absolute atomic E-state index is 11.8. The first kappa shape index (κ1) is 17.3. The third kappa shape index (κ3) is 4.11. The summed E-state index contributed by atoms with van der Waals surface area (Å²) in [6, 6.07) is 7.40. The summed E-state index contributed by atoms with van der Waals surface area (Å²) >= 11 is 1.39. The Labute approximate surface area is 148 Å². The molecule has 0 atom stereocenters. The predicted molar refractivity (Wildman–Crippen MR) is 93.6 cm³/mol. The zero-order valence-corrected chi connectivity index (χ0v) is 14.9. The number of nitrogens with one attached hydrogen (secondary N) is 1. The van der Waals surface area contributed by atoms with Crippen LogP contribution in [-0.4, -0.2) is 32.1 Å². The molecule has 9 heteroatoms. The fraction of sp³-hybridized carbons (Fsp3) is 0.375. The highest BCUT2D eigenvalue weighted by Gasteiger charge is 2.13. The van der Waals surface area contributed by atoms with Gasteiger partial charge < -0.3 is 9.15 Å². The molecule has 1 N–H and O–H groups in total. The lowest BCUT2D eigenvalue weighted by Gasteiger charge is -2.02. The molecule has 0 bridgehead atoms. The van der Waals surface area contributed by atoms with Crippen LogP contribution in [0.2, 0.25) is 0 Å². The average Bonchev–Trinajstić information content (AvgIpc) is 3.25. The smallest absolute Gasteiger partial charge is 0.343 e. The molecule has 0 spiro atoms. The summed E-state index contributed by atoms with van der Waals surface area (Å²) in [5.41, 5.74) is 0.629. The van der Waals surface area contributed by atoms with E-state index in [1.807, 2.05) is 24.3 Å². The molecule has 0 aliphatic carbocycles. The molecule has 0 fully saturated rings. The van der Waals surface area contributed by atoms with Gasteiger partial charge in [0.15, 0.2) is 5.16 Å². The van der Waals surface area contributed by atoms with Crippen LogP contribution in [0.4, 0.5) is 0 Å². The number of aromatic amines is 1. The van der Waals surface area contributed by atoms with Crippen LogP contribution in [0.5, 0.6) is 5.75 Å². The number of methoxy groups -OCH3 is 1. The van der Waals surface area contributed by atoms with Crippen LogP contribution < -0.4 is 10.4 Å². The molecule has 25 heavy (non-hydrogen) atoms. The van der Waals surface area contributed by atoms with E-state index in [9.17, 15) is 4.79 Å². The number of nitrogens with zero attached hydrogens (tertiary/aromatic N) is 4. The number of rotatable bonds is 8. The van der Waals surface area contributed by atoms with Crippen LogP contribution >= 0.6 is 11.8 Å². The van der Waals surface area contributed by atoms with Gasteiger partial charge in [0.05, 0.1) is 12.9 Å². The zero-order chi connectivity index (χ0) is 17.6. The Balaban J connectivity index is 1.67. The molecule has 0 saturated carbocycles. The van der Waals surface area contributed by atoms with Crippen molar-refractivity contribution in [3.05, 3.63) is 40.6 Å². The molecule has 1 aromatic carbocycles. The minimum Gasteiger partial charge on any atom is -0.497 e. The Hall–Kier alpha value is -2.55. The van der Waals surface area contributed by atoms with Gasteiger partial charge in [-0.1, -0.05) is 25.1 Å². The van der Waals surface area contributed by atoms with Gasteiger partial charge in [0.25, 0.3) is 0 Å². The normalized spacial score (nSPS) is 11.0. The molecule has 0 aliphatic heterocycles. The molecule has 0 aliphatic rings. The zero-order valence-electron chi connectivity index (χ0n) is 14.1. The molecule has 0 saturated heterocycles. The van der Waals surface area contributed by atoms with E-state index in [0.717, 1.165) is 24.2 Å². The van der Waals surface area contributed by atoms with Crippen LogP contribution in [0.1, 0.15) is 25.7 Å². The molecule has 3 rings (SSSR count). The number of ether oxygens (including phenoxy) is 1. The van der Waals surface area contributed by atoms with E-state index in [-0.39, 0.29) is 5.69 Å². The van der Waals surface area contributed by atoms with E-state index in [0.29, 0.717) is 29.2 Å². The quantitative estimate of drug-likeness (QED) is 0.616. The maximum Gasteiger partial charge on any atom is 0.343 e. The second kappa shape index (κ2) is 8.02. The highest BCUT2D eigenvalue weighted by molar-refractivity contribution is 7.98. The van der Waals surface area contributed by atoms with Crippen LogP contribution in [0, 0.1) is 0 Å². The molecule has 0 unspecified atom stereocenters. The first-order valence-electron chi connectivity index (χ1n) is 7.96. The van der Waals surface area contributed by atoms with E-state index in [1.165, 1.54) is 11.8 Å². The van der Waals surface area contributed by atoms with Gasteiger partial charge in [-0.15, -0.1) is 15.3 Å². The summed E-state index contributed by atoms with van der Waals surface area (Å²) in [4.78, 5) is 11.8. The van der Waals surface area contributed by atoms with Crippen molar-refractivity contribution >= 4 is 11.8 Å². The molecule has 0 radical (unpaired) electrons. The summed E-state index contributed by atoms with van der Waals surface area (Å²) in [6.07, 6.45) is 1.94. The van der Waals surface area contributed by atoms with Crippen molar-refractivity contribution in [2.24, 2.45) is 0 Å². The number of aromatic nitrogens is 5. The standard InChI is InChI=1S/C16H19N5O3S/c1-3-4-9-21-15(22)19-20-16(21)25-10-13-17-18-14(24-13)11-5-7-12(23-2)8-6-11/h5-8H,3-4,9-10H2,1-2H3,(H,19,22). The second-order valence-electron chi connectivity index (χ2n) is 5.33. The van der Waals surface area contributed by atoms with Crippen LogP contribution in [0.15, 0.2) is 38.6 Å². The molecule has 8 nitrogen and oxygen atoms in total. The third-order valence-electron chi connectivity index (χ3n) is 3.59. The van der Waals surface area contributed by atoms with E-state index in [1.54, 1.807) is 11.7 Å². The monoisotopic (exact) mass is 361 g/mol. The first-order valence-corrected chi connectivity index (χ1v) is 8.94. The lowest BCUT2D eigenvalue weighted by atomic mass is 10.2. The number of H-pyrrole nitrogens is 1. The van der Waals surface area contributed by atoms with Gasteiger partial charge in [0.2, 0.25) is 11.8 Å². The van der Waals surface area contributed by atoms with Gasteiger partial charge >= 0.3 is 5.69 Å². The van der Waals surface area contributed by atoms with Crippen molar-refractivity contribution in [2.75, 3.05) is 7.11 Å². The number of benzene rings is 1. The Kier molecular flexibility index (Phi) is 5.54. The molecular weight excluding hydrogens is 342 g/mol. The minimum absolute atomic E-state index is 0.194. The van der Waals surface area contributed by atoms with E-state index < -0.39 is 0 Å². The third-order valence-corrected chi connectivity index (χ3v) is 4.55. The van der Waals surface area contributed by atoms with Gasteiger partial charge in [-0.05, 0) is 30.7 Å². The summed E-state index contributed by atoms with van der Waals surface area (Å²) < 4.78 is 12.4. The summed E-state index contributed by atoms with van der Waals surface area (Å²) in [5.74, 6) is 2.14. The fourth-order valence-corrected chi connectivity index (χ4v) is 3.02. The SMILES string of the molecule is CCCCn1c(SCc2nnc(-c3ccc(OC)cc3)o2)n[nH]c1=O. The lowest BCUT2D eigenvalue weighted by Crippen LogP contribution is -2.17. The molecule has 2 heterocycles. The molecule has 0 amide bonds. The number of unbranched alkanes of at least 4 members (excludes halogenated alkanes) is 1. The Morgan fingerprint density at radius 3 is 2.80 bits per heavy atom. The van der Waals surface area contributed by atoms with Gasteiger partial charge in [-0.2, -0.15) is 0 Å². The van der Waals surface area contributed by atoms with Crippen LogP contribution in [0.25, 0.3) is 11.5 Å². The van der Waals surface area contributed by atoms with Crippen molar-refractivity contribution in [2.45, 2.75) is 37.2 Å². The minimum atomic E-state index is -0.194. The summed E-state index contributed by atoms with van der Waals surface area (Å²) in [6.45, 7) is 2.73. The summed E-state index contributed by atoms with van der Waals surface area (Å²) in [7, 11) is 1.62. The van der Waals surface area contributed by atoms with E-state index >= 15 is 0 Å². The largest absolute Gasteiger partial charge is 0.497 e. The predicted octanol–water partition coefficient (Wildman–Crippen LogP) is 2.72. The topological polar surface area (TPSA) is 98.8 Å². The van der Waals surface area contributed by atoms with Gasteiger partial charge in [0.1, 0.15) is 5.75 Å². The van der Waals surface area contributed by atoms with Gasteiger partial charge in [0, 0.05) is 12.1 Å². The van der Waals surface area contributed by atoms with Gasteiger partial charge in [-0.3, -0.25) is 4.57 Å². The number of thioether (sulfide) groups is 1. The number of hydrogen-bond acceptors (Lipinski definition) is 7. The first-order chi connectivity index (χ1) is 12.2. The average molecular weight is 361 g/mol. The highest BCUT2D eigenvalue weighted by atomic mass is 32.2. The molecule has 2 aromatic heterocycles. The maximum atomic E-state index is 11.8. The van der Waals surface area contributed by atoms with Crippen molar-refractivity contribution in [1.82, 2.24) is 25.0 Å². The lowest BCUT2D eigenvalue weighted by molar-refractivity contribution is 0.415. The number of hydrogen-bond donors (Lipinski definition) is 1. The van der Waals surface area contributed by atoms with Crippen molar-refractivity contribution in [3.63, 3.8) is 0 Å². The Morgan fingerprint density at radius 1 is 1.28 bits per heavy atom. The van der Waals surface area contributed by atoms with Crippen molar-refractivity contribution < 1.29 is 9.15 Å². The van der Waals surface area contributed by atoms with Crippen LogP contribution in [0.3, 0.4) is 0 Å². The van der Waals surface area contributed by atoms with E-state index in [2.05, 4.69) is 27.3 Å². The van der Waals surface area contributed by atoms with Gasteiger partial charge in [-0.25, -0.2) is 9.89 Å². The summed E-state index contributed by atoms with van der Waals surface area (Å²) in [5, 5.41) is 15.3. The van der Waals surface area contributed by atoms with Crippen molar-refractivity contribution in [1.29, 1.82) is 0 Å².